The van der Waals surface area contributed by atoms with E-state index in [1.807, 2.05) is 11.0 Å². The van der Waals surface area contributed by atoms with Crippen LogP contribution in [-0.4, -0.2) is 28.5 Å². The van der Waals surface area contributed by atoms with Gasteiger partial charge in [-0.25, -0.2) is 0 Å². The number of carbonyl (C=O) groups is 1. The van der Waals surface area contributed by atoms with Crippen LogP contribution >= 0.6 is 11.6 Å². The monoisotopic (exact) mass is 343 g/mol. The van der Waals surface area contributed by atoms with Gasteiger partial charge < -0.3 is 15.2 Å². The first-order valence-electron chi connectivity index (χ1n) is 8.07. The molecule has 0 spiro atoms. The minimum atomic E-state index is -0.111. The summed E-state index contributed by atoms with van der Waals surface area (Å²) in [6.45, 7) is 1.92. The molecule has 2 N–H and O–H groups in total. The highest BCUT2D eigenvalue weighted by Crippen LogP contribution is 2.35. The van der Waals surface area contributed by atoms with E-state index in [9.17, 15) is 9.59 Å². The lowest BCUT2D eigenvalue weighted by molar-refractivity contribution is 0.0594. The van der Waals surface area contributed by atoms with E-state index >= 15 is 0 Å². The predicted octanol–water partition coefficient (Wildman–Crippen LogP) is 2.34. The second-order valence-electron chi connectivity index (χ2n) is 6.64. The summed E-state index contributed by atoms with van der Waals surface area (Å²) in [6, 6.07) is 10.6. The Hall–Kier alpha value is -2.27. The molecule has 1 amide bonds. The van der Waals surface area contributed by atoms with Crippen molar-refractivity contribution in [2.75, 3.05) is 18.8 Å². The first kappa shape index (κ1) is 15.3. The first-order valence-corrected chi connectivity index (χ1v) is 8.45. The van der Waals surface area contributed by atoms with E-state index in [0.717, 1.165) is 12.1 Å². The fourth-order valence-electron chi connectivity index (χ4n) is 3.90. The fraction of sp³-hybridized carbons (Fsp3) is 0.333. The van der Waals surface area contributed by atoms with Crippen molar-refractivity contribution < 1.29 is 4.79 Å². The third kappa shape index (κ3) is 2.49. The van der Waals surface area contributed by atoms with Crippen LogP contribution in [0.25, 0.3) is 0 Å². The zero-order valence-electron chi connectivity index (χ0n) is 13.1. The first-order chi connectivity index (χ1) is 11.5. The van der Waals surface area contributed by atoms with E-state index in [1.54, 1.807) is 34.9 Å². The van der Waals surface area contributed by atoms with Crippen molar-refractivity contribution in [1.29, 1.82) is 0 Å². The van der Waals surface area contributed by atoms with Gasteiger partial charge in [-0.05, 0) is 48.7 Å². The highest BCUT2D eigenvalue weighted by molar-refractivity contribution is 6.30. The van der Waals surface area contributed by atoms with Crippen molar-refractivity contribution >= 4 is 23.2 Å². The molecular formula is C18H18ClN3O2. The van der Waals surface area contributed by atoms with Gasteiger partial charge in [0, 0.05) is 41.8 Å². The summed E-state index contributed by atoms with van der Waals surface area (Å²) in [5.74, 6) is 0.488. The Bertz CT molecular complexity index is 860. The minimum absolute atomic E-state index is 0.0209. The average Bonchev–Trinajstić information content (AvgIpc) is 2.58. The van der Waals surface area contributed by atoms with E-state index in [2.05, 4.69) is 0 Å². The second kappa shape index (κ2) is 5.67. The van der Waals surface area contributed by atoms with E-state index in [4.69, 9.17) is 17.3 Å². The van der Waals surface area contributed by atoms with Crippen molar-refractivity contribution in [3.05, 3.63) is 63.0 Å². The zero-order valence-corrected chi connectivity index (χ0v) is 13.9. The number of hydrogen-bond donors (Lipinski definition) is 1. The maximum absolute atomic E-state index is 12.8. The zero-order chi connectivity index (χ0) is 16.8. The number of anilines is 1. The molecule has 1 aromatic heterocycles. The molecule has 2 bridgehead atoms. The molecule has 0 radical (unpaired) electrons. The lowest BCUT2D eigenvalue weighted by atomic mass is 9.83. The molecule has 6 heteroatoms. The fourth-order valence-corrected chi connectivity index (χ4v) is 4.03. The molecule has 5 nitrogen and oxygen atoms in total. The van der Waals surface area contributed by atoms with Crippen molar-refractivity contribution in [3.63, 3.8) is 0 Å². The molecule has 1 aromatic carbocycles. The van der Waals surface area contributed by atoms with Gasteiger partial charge in [-0.3, -0.25) is 9.59 Å². The maximum atomic E-state index is 12.8. The minimum Gasteiger partial charge on any atom is -0.394 e. The van der Waals surface area contributed by atoms with Crippen LogP contribution in [0.4, 0.5) is 5.69 Å². The number of carbonyl (C=O) groups excluding carboxylic acids is 1. The van der Waals surface area contributed by atoms with Gasteiger partial charge in [0.05, 0.1) is 5.69 Å². The Kier molecular flexibility index (Phi) is 3.61. The lowest BCUT2D eigenvalue weighted by Crippen LogP contribution is -2.49. The molecule has 24 heavy (non-hydrogen) atoms. The van der Waals surface area contributed by atoms with Crippen molar-refractivity contribution in [3.8, 4) is 0 Å². The smallest absolute Gasteiger partial charge is 0.273 e. The Labute approximate surface area is 144 Å². The molecule has 2 atom stereocenters. The van der Waals surface area contributed by atoms with Crippen molar-refractivity contribution in [2.45, 2.75) is 18.9 Å². The SMILES string of the molecule is Nc1ccc2n(c1=O)C[C@H]1C[C@@H]2CN(C(=O)c2ccc(Cl)cc2)C1. The van der Waals surface area contributed by atoms with E-state index < -0.39 is 0 Å². The molecule has 2 aliphatic heterocycles. The van der Waals surface area contributed by atoms with Gasteiger partial charge in [0.15, 0.2) is 0 Å². The number of piperidine rings is 1. The molecule has 1 fully saturated rings. The predicted molar refractivity (Wildman–Crippen MR) is 93.3 cm³/mol. The number of hydrogen-bond acceptors (Lipinski definition) is 3. The highest BCUT2D eigenvalue weighted by Gasteiger charge is 2.36. The molecular weight excluding hydrogens is 326 g/mol. The molecule has 3 heterocycles. The van der Waals surface area contributed by atoms with Crippen LogP contribution in [0, 0.1) is 5.92 Å². The number of nitrogen functional groups attached to an aromatic ring is 1. The van der Waals surface area contributed by atoms with E-state index in [-0.39, 0.29) is 29.0 Å². The van der Waals surface area contributed by atoms with Crippen LogP contribution in [0.3, 0.4) is 0 Å². The van der Waals surface area contributed by atoms with Gasteiger partial charge in [-0.2, -0.15) is 0 Å². The summed E-state index contributed by atoms with van der Waals surface area (Å²) in [4.78, 5) is 26.9. The Morgan fingerprint density at radius 1 is 1.08 bits per heavy atom. The lowest BCUT2D eigenvalue weighted by Gasteiger charge is -2.42. The van der Waals surface area contributed by atoms with Crippen LogP contribution in [0.1, 0.15) is 28.4 Å². The molecule has 2 aliphatic rings. The number of fused-ring (bicyclic) bond motifs is 4. The Balaban J connectivity index is 1.63. The van der Waals surface area contributed by atoms with Gasteiger partial charge in [0.25, 0.3) is 11.5 Å². The highest BCUT2D eigenvalue weighted by atomic mass is 35.5. The summed E-state index contributed by atoms with van der Waals surface area (Å²) in [7, 11) is 0. The third-order valence-corrected chi connectivity index (χ3v) is 5.26. The van der Waals surface area contributed by atoms with Crippen LogP contribution in [0.15, 0.2) is 41.2 Å². The number of benzene rings is 1. The van der Waals surface area contributed by atoms with Gasteiger partial charge in [0.1, 0.15) is 0 Å². The molecule has 0 saturated carbocycles. The summed E-state index contributed by atoms with van der Waals surface area (Å²) >= 11 is 5.90. The normalized spacial score (nSPS) is 22.1. The molecule has 0 aliphatic carbocycles. The standard InChI is InChI=1S/C18H18ClN3O2/c19-14-3-1-12(2-4-14)17(23)21-8-11-7-13(10-21)16-6-5-15(20)18(24)22(16)9-11/h1-6,11,13H,7-10,20H2/t11-,13+/m0/s1. The topological polar surface area (TPSA) is 68.3 Å². The van der Waals surface area contributed by atoms with E-state index in [1.165, 1.54) is 0 Å². The van der Waals surface area contributed by atoms with Gasteiger partial charge in [-0.1, -0.05) is 11.6 Å². The third-order valence-electron chi connectivity index (χ3n) is 5.01. The number of rotatable bonds is 1. The number of nitrogens with two attached hydrogens (primary N) is 1. The van der Waals surface area contributed by atoms with Crippen LogP contribution in [0.5, 0.6) is 0 Å². The molecule has 124 valence electrons. The quantitative estimate of drug-likeness (QED) is 0.864. The number of nitrogens with zero attached hydrogens (tertiary/aromatic N) is 2. The second-order valence-corrected chi connectivity index (χ2v) is 7.08. The van der Waals surface area contributed by atoms with E-state index in [0.29, 0.717) is 30.2 Å². The van der Waals surface area contributed by atoms with Gasteiger partial charge in [0.2, 0.25) is 0 Å². The summed E-state index contributed by atoms with van der Waals surface area (Å²) in [5, 5.41) is 0.618. The molecule has 1 saturated heterocycles. The molecule has 4 rings (SSSR count). The molecule has 2 aromatic rings. The maximum Gasteiger partial charge on any atom is 0.273 e. The van der Waals surface area contributed by atoms with Crippen LogP contribution in [-0.2, 0) is 6.54 Å². The number of amides is 1. The van der Waals surface area contributed by atoms with Crippen LogP contribution < -0.4 is 11.3 Å². The van der Waals surface area contributed by atoms with Crippen LogP contribution in [0.2, 0.25) is 5.02 Å². The largest absolute Gasteiger partial charge is 0.394 e. The summed E-state index contributed by atoms with van der Waals surface area (Å²) in [6.07, 6.45) is 1.01. The average molecular weight is 344 g/mol. The van der Waals surface area contributed by atoms with Crippen molar-refractivity contribution in [2.24, 2.45) is 5.92 Å². The summed E-state index contributed by atoms with van der Waals surface area (Å²) < 4.78 is 1.79. The number of halogens is 1. The summed E-state index contributed by atoms with van der Waals surface area (Å²) in [5.41, 5.74) is 7.56. The Morgan fingerprint density at radius 2 is 1.83 bits per heavy atom. The number of aromatic nitrogens is 1. The van der Waals surface area contributed by atoms with Gasteiger partial charge in [-0.15, -0.1) is 0 Å². The number of likely N-dealkylation sites (tertiary alicyclic amines) is 1. The van der Waals surface area contributed by atoms with Gasteiger partial charge >= 0.3 is 0 Å². The van der Waals surface area contributed by atoms with Crippen molar-refractivity contribution in [1.82, 2.24) is 9.47 Å². The number of pyridine rings is 1. The Morgan fingerprint density at radius 3 is 2.58 bits per heavy atom. The molecule has 0 unspecified atom stereocenters.